The Kier molecular flexibility index (Phi) is 8.41. The largest absolute Gasteiger partial charge is 0.483 e. The van der Waals surface area contributed by atoms with Crippen LogP contribution in [-0.4, -0.2) is 34.8 Å². The van der Waals surface area contributed by atoms with Crippen LogP contribution in [0.15, 0.2) is 42.6 Å². The molecule has 0 aliphatic heterocycles. The van der Waals surface area contributed by atoms with Crippen LogP contribution < -0.4 is 4.74 Å². The molecule has 1 heterocycles. The van der Waals surface area contributed by atoms with E-state index >= 15 is 0 Å². The fraction of sp³-hybridized carbons (Fsp3) is 0.478. The van der Waals surface area contributed by atoms with Gasteiger partial charge in [-0.1, -0.05) is 38.1 Å². The minimum absolute atomic E-state index is 0.00319. The normalized spacial score (nSPS) is 13.9. The molecule has 0 spiro atoms. The Morgan fingerprint density at radius 3 is 2.27 bits per heavy atom. The third-order valence-corrected chi connectivity index (χ3v) is 4.73. The molecule has 4 nitrogen and oxygen atoms in total. The Morgan fingerprint density at radius 2 is 1.77 bits per heavy atom. The quantitative estimate of drug-likeness (QED) is 0.570. The molecule has 1 N–H and O–H groups in total. The molecular weight excluding hydrogens is 395 g/mol. The number of nitrogens with zero attached hydrogens (tertiary/aromatic N) is 1. The van der Waals surface area contributed by atoms with Gasteiger partial charge in [-0.3, -0.25) is 9.78 Å². The highest BCUT2D eigenvalue weighted by Crippen LogP contribution is 2.27. The lowest BCUT2D eigenvalue weighted by molar-refractivity contribution is -0.153. The summed E-state index contributed by atoms with van der Waals surface area (Å²) in [6.45, 7) is 4.45. The molecule has 2 aromatic rings. The number of Topliss-reactive ketones (excluding diaryl/α,β-unsaturated/α-hetero) is 1. The number of ketones is 1. The SMILES string of the molecule is CC(O)CC(CC(=O)Cc1ccc(C(C)C)cc1)c1ccc(OCC(F)(F)F)cn1. The molecule has 0 saturated heterocycles. The predicted octanol–water partition coefficient (Wildman–Crippen LogP) is 5.20. The van der Waals surface area contributed by atoms with E-state index in [-0.39, 0.29) is 30.3 Å². The first-order valence-electron chi connectivity index (χ1n) is 9.97. The average molecular weight is 423 g/mol. The number of ether oxygens (including phenoxy) is 1. The van der Waals surface area contributed by atoms with Crippen LogP contribution in [0.2, 0.25) is 0 Å². The maximum absolute atomic E-state index is 12.6. The first-order valence-corrected chi connectivity index (χ1v) is 9.97. The molecule has 2 unspecified atom stereocenters. The van der Waals surface area contributed by atoms with Gasteiger partial charge in [-0.2, -0.15) is 13.2 Å². The van der Waals surface area contributed by atoms with Crippen LogP contribution in [-0.2, 0) is 11.2 Å². The number of alkyl halides is 3. The minimum atomic E-state index is -4.42. The van der Waals surface area contributed by atoms with Gasteiger partial charge in [0.05, 0.1) is 12.3 Å². The second kappa shape index (κ2) is 10.6. The highest BCUT2D eigenvalue weighted by molar-refractivity contribution is 5.81. The number of carbonyl (C=O) groups excluding carboxylic acids is 1. The van der Waals surface area contributed by atoms with E-state index in [2.05, 4.69) is 23.6 Å². The Labute approximate surface area is 175 Å². The lowest BCUT2D eigenvalue weighted by atomic mass is 9.90. The first kappa shape index (κ1) is 23.9. The number of rotatable bonds is 10. The molecule has 0 radical (unpaired) electrons. The predicted molar refractivity (Wildman–Crippen MR) is 109 cm³/mol. The van der Waals surface area contributed by atoms with Gasteiger partial charge in [0.1, 0.15) is 11.5 Å². The number of aliphatic hydroxyl groups is 1. The fourth-order valence-electron chi connectivity index (χ4n) is 3.20. The Hall–Kier alpha value is -2.41. The van der Waals surface area contributed by atoms with E-state index in [0.29, 0.717) is 18.0 Å². The molecule has 0 amide bonds. The highest BCUT2D eigenvalue weighted by Gasteiger charge is 2.28. The van der Waals surface area contributed by atoms with Crippen LogP contribution in [0.5, 0.6) is 5.75 Å². The molecule has 164 valence electrons. The second-order valence-electron chi connectivity index (χ2n) is 7.92. The number of pyridine rings is 1. The van der Waals surface area contributed by atoms with Crippen molar-refractivity contribution >= 4 is 5.78 Å². The van der Waals surface area contributed by atoms with Gasteiger partial charge in [-0.25, -0.2) is 0 Å². The summed E-state index contributed by atoms with van der Waals surface area (Å²) in [6, 6.07) is 10.9. The van der Waals surface area contributed by atoms with Gasteiger partial charge in [-0.15, -0.1) is 0 Å². The maximum Gasteiger partial charge on any atom is 0.422 e. The zero-order valence-corrected chi connectivity index (χ0v) is 17.4. The summed E-state index contributed by atoms with van der Waals surface area (Å²) in [5.74, 6) is 0.101. The molecule has 2 atom stereocenters. The molecule has 0 aliphatic carbocycles. The van der Waals surface area contributed by atoms with E-state index in [0.717, 1.165) is 5.56 Å². The zero-order chi connectivity index (χ0) is 22.3. The van der Waals surface area contributed by atoms with Crippen LogP contribution in [0, 0.1) is 0 Å². The van der Waals surface area contributed by atoms with Gasteiger partial charge in [0.2, 0.25) is 0 Å². The molecule has 0 saturated carbocycles. The summed E-state index contributed by atoms with van der Waals surface area (Å²) in [6.07, 6.45) is -3.06. The van der Waals surface area contributed by atoms with E-state index in [1.54, 1.807) is 13.0 Å². The molecular formula is C23H28F3NO3. The summed E-state index contributed by atoms with van der Waals surface area (Å²) >= 11 is 0. The number of hydrogen-bond donors (Lipinski definition) is 1. The van der Waals surface area contributed by atoms with E-state index in [9.17, 15) is 23.1 Å². The summed E-state index contributed by atoms with van der Waals surface area (Å²) in [7, 11) is 0. The van der Waals surface area contributed by atoms with Gasteiger partial charge in [0.15, 0.2) is 6.61 Å². The van der Waals surface area contributed by atoms with Crippen molar-refractivity contribution in [2.24, 2.45) is 0 Å². The van der Waals surface area contributed by atoms with Gasteiger partial charge < -0.3 is 9.84 Å². The zero-order valence-electron chi connectivity index (χ0n) is 17.4. The summed E-state index contributed by atoms with van der Waals surface area (Å²) in [4.78, 5) is 16.8. The monoisotopic (exact) mass is 423 g/mol. The summed E-state index contributed by atoms with van der Waals surface area (Å²) in [5, 5.41) is 9.81. The standard InChI is InChI=1S/C23H28F3NO3/c1-15(2)18-6-4-17(5-7-18)11-20(29)12-19(10-16(3)28)22-9-8-21(13-27-22)30-14-23(24,25)26/h4-9,13,15-16,19,28H,10-12,14H2,1-3H3. The number of carbonyl (C=O) groups is 1. The third-order valence-electron chi connectivity index (χ3n) is 4.73. The third kappa shape index (κ3) is 8.14. The first-order chi connectivity index (χ1) is 14.0. The van der Waals surface area contributed by atoms with E-state index in [4.69, 9.17) is 0 Å². The molecule has 2 rings (SSSR count). The van der Waals surface area contributed by atoms with E-state index < -0.39 is 18.9 Å². The molecule has 0 aliphatic rings. The molecule has 0 bridgehead atoms. The molecule has 1 aromatic carbocycles. The van der Waals surface area contributed by atoms with Crippen molar-refractivity contribution in [1.82, 2.24) is 4.98 Å². The van der Waals surface area contributed by atoms with Crippen molar-refractivity contribution in [1.29, 1.82) is 0 Å². The summed E-state index contributed by atoms with van der Waals surface area (Å²) in [5.41, 5.74) is 2.66. The second-order valence-corrected chi connectivity index (χ2v) is 7.92. The Bertz CT molecular complexity index is 800. The Morgan fingerprint density at radius 1 is 1.10 bits per heavy atom. The van der Waals surface area contributed by atoms with Gasteiger partial charge in [-0.05, 0) is 42.5 Å². The van der Waals surface area contributed by atoms with Crippen molar-refractivity contribution in [3.05, 3.63) is 59.4 Å². The number of halogens is 3. The van der Waals surface area contributed by atoms with Crippen LogP contribution in [0.25, 0.3) is 0 Å². The van der Waals surface area contributed by atoms with Crippen molar-refractivity contribution in [3.8, 4) is 5.75 Å². The highest BCUT2D eigenvalue weighted by atomic mass is 19.4. The number of hydrogen-bond acceptors (Lipinski definition) is 4. The van der Waals surface area contributed by atoms with Crippen LogP contribution in [0.4, 0.5) is 13.2 Å². The molecule has 0 fully saturated rings. The number of aliphatic hydroxyl groups excluding tert-OH is 1. The van der Waals surface area contributed by atoms with Crippen LogP contribution in [0.1, 0.15) is 62.3 Å². The van der Waals surface area contributed by atoms with Crippen LogP contribution >= 0.6 is 0 Å². The average Bonchev–Trinajstić information content (AvgIpc) is 2.65. The van der Waals surface area contributed by atoms with Crippen molar-refractivity contribution in [3.63, 3.8) is 0 Å². The molecule has 7 heteroatoms. The fourth-order valence-corrected chi connectivity index (χ4v) is 3.20. The van der Waals surface area contributed by atoms with Gasteiger partial charge in [0, 0.05) is 24.5 Å². The molecule has 1 aromatic heterocycles. The lowest BCUT2D eigenvalue weighted by Crippen LogP contribution is -2.19. The van der Waals surface area contributed by atoms with Crippen LogP contribution in [0.3, 0.4) is 0 Å². The Balaban J connectivity index is 2.03. The minimum Gasteiger partial charge on any atom is -0.483 e. The lowest BCUT2D eigenvalue weighted by Gasteiger charge is -2.18. The topological polar surface area (TPSA) is 59.4 Å². The van der Waals surface area contributed by atoms with Gasteiger partial charge in [0.25, 0.3) is 0 Å². The number of benzene rings is 1. The number of aromatic nitrogens is 1. The maximum atomic E-state index is 12.6. The smallest absolute Gasteiger partial charge is 0.422 e. The van der Waals surface area contributed by atoms with Crippen molar-refractivity contribution < 1.29 is 27.8 Å². The van der Waals surface area contributed by atoms with Crippen molar-refractivity contribution in [2.45, 2.75) is 64.1 Å². The molecule has 30 heavy (non-hydrogen) atoms. The van der Waals surface area contributed by atoms with E-state index in [1.165, 1.54) is 17.8 Å². The summed E-state index contributed by atoms with van der Waals surface area (Å²) < 4.78 is 41.5. The van der Waals surface area contributed by atoms with E-state index in [1.807, 2.05) is 24.3 Å². The van der Waals surface area contributed by atoms with Crippen molar-refractivity contribution in [2.75, 3.05) is 6.61 Å². The van der Waals surface area contributed by atoms with Gasteiger partial charge >= 0.3 is 6.18 Å².